The summed E-state index contributed by atoms with van der Waals surface area (Å²) in [6.45, 7) is 6.43. The maximum atomic E-state index is 6.25. The highest BCUT2D eigenvalue weighted by molar-refractivity contribution is 5.90. The number of ether oxygens (including phenoxy) is 4. The molecule has 2 aromatic carbocycles. The number of fused-ring (bicyclic) bond motifs is 2. The summed E-state index contributed by atoms with van der Waals surface area (Å²) in [7, 11) is 0. The summed E-state index contributed by atoms with van der Waals surface area (Å²) in [6.07, 6.45) is 15.6. The molecule has 41 heavy (non-hydrogen) atoms. The number of benzene rings is 2. The molecule has 2 heterocycles. The molecule has 0 spiro atoms. The van der Waals surface area contributed by atoms with E-state index in [9.17, 15) is 0 Å². The van der Waals surface area contributed by atoms with E-state index < -0.39 is 0 Å². The Morgan fingerprint density at radius 3 is 1.39 bits per heavy atom. The monoisotopic (exact) mass is 562 g/mol. The van der Waals surface area contributed by atoms with Crippen molar-refractivity contribution in [1.29, 1.82) is 0 Å². The molecule has 2 aromatic heterocycles. The van der Waals surface area contributed by atoms with E-state index in [4.69, 9.17) is 18.9 Å². The van der Waals surface area contributed by atoms with Crippen LogP contribution in [0.25, 0.3) is 21.8 Å². The predicted molar refractivity (Wildman–Crippen MR) is 169 cm³/mol. The maximum absolute atomic E-state index is 6.25. The summed E-state index contributed by atoms with van der Waals surface area (Å²) in [4.78, 5) is 7.17. The van der Waals surface area contributed by atoms with Crippen molar-refractivity contribution in [3.63, 3.8) is 0 Å². The lowest BCUT2D eigenvalue weighted by molar-refractivity contribution is 0.0134. The first-order valence-electron chi connectivity index (χ1n) is 15.9. The van der Waals surface area contributed by atoms with E-state index in [1.165, 1.54) is 64.2 Å². The van der Waals surface area contributed by atoms with Gasteiger partial charge in [-0.05, 0) is 37.1 Å². The van der Waals surface area contributed by atoms with Gasteiger partial charge in [-0.1, -0.05) is 102 Å². The second-order valence-corrected chi connectivity index (χ2v) is 11.0. The zero-order chi connectivity index (χ0) is 28.5. The Hall–Kier alpha value is -2.96. The summed E-state index contributed by atoms with van der Waals surface area (Å²) >= 11 is 0. The molecule has 6 heteroatoms. The topological polar surface area (TPSA) is 68.5 Å². The second-order valence-electron chi connectivity index (χ2n) is 11.0. The highest BCUT2D eigenvalue weighted by Crippen LogP contribution is 2.36. The van der Waals surface area contributed by atoms with Gasteiger partial charge in [-0.25, -0.2) is 0 Å². The molecule has 224 valence electrons. The molecule has 0 unspecified atom stereocenters. The molecule has 0 saturated heterocycles. The van der Waals surface area contributed by atoms with Crippen LogP contribution in [0.4, 0.5) is 0 Å². The van der Waals surface area contributed by atoms with Crippen LogP contribution in [-0.4, -0.2) is 36.8 Å². The first-order chi connectivity index (χ1) is 20.3. The van der Waals surface area contributed by atoms with E-state index in [-0.39, 0.29) is 13.6 Å². The van der Waals surface area contributed by atoms with Crippen molar-refractivity contribution in [3.05, 3.63) is 59.9 Å². The molecule has 0 bridgehead atoms. The smallest absolute Gasteiger partial charge is 0.189 e. The maximum Gasteiger partial charge on any atom is 0.189 e. The van der Waals surface area contributed by atoms with Crippen molar-refractivity contribution in [2.75, 3.05) is 26.8 Å². The lowest BCUT2D eigenvalue weighted by Crippen LogP contribution is -2.07. The number of hydrogen-bond acceptors (Lipinski definition) is 4. The zero-order valence-electron chi connectivity index (χ0n) is 25.3. The number of hydrogen-bond donors (Lipinski definition) is 2. The van der Waals surface area contributed by atoms with Gasteiger partial charge in [0, 0.05) is 28.2 Å². The van der Waals surface area contributed by atoms with Gasteiger partial charge < -0.3 is 28.9 Å². The van der Waals surface area contributed by atoms with Crippen molar-refractivity contribution in [2.45, 2.75) is 97.3 Å². The summed E-state index contributed by atoms with van der Waals surface area (Å²) < 4.78 is 24.2. The van der Waals surface area contributed by atoms with Gasteiger partial charge in [0.05, 0.1) is 24.6 Å². The fourth-order valence-electron chi connectivity index (χ4n) is 5.39. The number of unbranched alkanes of at least 4 members (excludes halogenated alkanes) is 10. The van der Waals surface area contributed by atoms with Gasteiger partial charge in [0.2, 0.25) is 0 Å². The molecule has 0 aliphatic rings. The van der Waals surface area contributed by atoms with E-state index >= 15 is 0 Å². The van der Waals surface area contributed by atoms with Crippen LogP contribution in [0.5, 0.6) is 11.5 Å². The highest BCUT2D eigenvalue weighted by atomic mass is 16.7. The second kappa shape index (κ2) is 17.8. The summed E-state index contributed by atoms with van der Waals surface area (Å²) in [6, 6.07) is 16.5. The SMILES string of the molecule is CCCCCCCCOCOc1c(Cc2[nH]c3ccccc3c2OCOCCCCCCCC)[nH]c2ccccc12. The number of rotatable bonds is 22. The molecule has 0 radical (unpaired) electrons. The van der Waals surface area contributed by atoms with Gasteiger partial charge in [0.15, 0.2) is 25.1 Å². The number of aromatic amines is 2. The van der Waals surface area contributed by atoms with E-state index in [1.807, 2.05) is 24.3 Å². The third kappa shape index (κ3) is 9.54. The highest BCUT2D eigenvalue weighted by Gasteiger charge is 2.19. The molecule has 0 amide bonds. The molecule has 0 saturated carbocycles. The Balaban J connectivity index is 1.37. The van der Waals surface area contributed by atoms with Gasteiger partial charge in [0.1, 0.15) is 0 Å². The number of nitrogens with one attached hydrogen (secondary N) is 2. The molecule has 0 aliphatic heterocycles. The van der Waals surface area contributed by atoms with Gasteiger partial charge >= 0.3 is 0 Å². The van der Waals surface area contributed by atoms with E-state index in [0.29, 0.717) is 6.42 Å². The quantitative estimate of drug-likeness (QED) is 0.0739. The van der Waals surface area contributed by atoms with Crippen molar-refractivity contribution < 1.29 is 18.9 Å². The van der Waals surface area contributed by atoms with Crippen LogP contribution in [0.15, 0.2) is 48.5 Å². The first-order valence-corrected chi connectivity index (χ1v) is 15.9. The molecule has 4 aromatic rings. The largest absolute Gasteiger partial charge is 0.465 e. The van der Waals surface area contributed by atoms with Crippen LogP contribution in [0.3, 0.4) is 0 Å². The predicted octanol–water partition coefficient (Wildman–Crippen LogP) is 9.67. The third-order valence-corrected chi connectivity index (χ3v) is 7.67. The van der Waals surface area contributed by atoms with Crippen molar-refractivity contribution in [1.82, 2.24) is 9.97 Å². The van der Waals surface area contributed by atoms with Gasteiger partial charge in [-0.2, -0.15) is 0 Å². The molecule has 0 fully saturated rings. The molecule has 0 atom stereocenters. The molecule has 0 aliphatic carbocycles. The summed E-state index contributed by atoms with van der Waals surface area (Å²) in [5.74, 6) is 1.68. The molecule has 6 nitrogen and oxygen atoms in total. The molecule has 2 N–H and O–H groups in total. The van der Waals surface area contributed by atoms with Crippen LogP contribution in [0.1, 0.15) is 102 Å². The van der Waals surface area contributed by atoms with Crippen molar-refractivity contribution in [3.8, 4) is 11.5 Å². The van der Waals surface area contributed by atoms with E-state index in [0.717, 1.165) is 70.7 Å². The van der Waals surface area contributed by atoms with Crippen LogP contribution in [-0.2, 0) is 15.9 Å². The molecular weight excluding hydrogens is 512 g/mol. The minimum Gasteiger partial charge on any atom is -0.465 e. The Bertz CT molecular complexity index is 1180. The average Bonchev–Trinajstić information content (AvgIpc) is 3.52. The zero-order valence-corrected chi connectivity index (χ0v) is 25.3. The van der Waals surface area contributed by atoms with Gasteiger partial charge in [-0.3, -0.25) is 0 Å². The van der Waals surface area contributed by atoms with Crippen LogP contribution in [0.2, 0.25) is 0 Å². The lowest BCUT2D eigenvalue weighted by Gasteiger charge is -2.11. The number of aromatic nitrogens is 2. The van der Waals surface area contributed by atoms with E-state index in [1.54, 1.807) is 0 Å². The normalized spacial score (nSPS) is 11.6. The van der Waals surface area contributed by atoms with Crippen molar-refractivity contribution >= 4 is 21.8 Å². The lowest BCUT2D eigenvalue weighted by atomic mass is 10.1. The summed E-state index contributed by atoms with van der Waals surface area (Å²) in [5, 5.41) is 2.12. The minimum atomic E-state index is 0.242. The summed E-state index contributed by atoms with van der Waals surface area (Å²) in [5.41, 5.74) is 4.10. The van der Waals surface area contributed by atoms with Crippen LogP contribution in [0, 0.1) is 0 Å². The Morgan fingerprint density at radius 2 is 0.927 bits per heavy atom. The first kappa shape index (κ1) is 31.0. The van der Waals surface area contributed by atoms with E-state index in [2.05, 4.69) is 48.1 Å². The molecule has 4 rings (SSSR count). The van der Waals surface area contributed by atoms with Crippen LogP contribution >= 0.6 is 0 Å². The fraction of sp³-hybridized carbons (Fsp3) is 0.543. The standard InChI is InChI=1S/C35H50N2O4/c1-3-5-7-9-11-17-23-38-26-40-34-28-19-13-15-21-30(28)36-32(34)25-33-35(29-20-14-16-22-31(29)37-33)41-27-39-24-18-12-10-8-6-4-2/h13-16,19-22,36-37H,3-12,17-18,23-27H2,1-2H3. The minimum absolute atomic E-state index is 0.242. The fourth-order valence-corrected chi connectivity index (χ4v) is 5.39. The Labute approximate surface area is 246 Å². The van der Waals surface area contributed by atoms with Crippen LogP contribution < -0.4 is 9.47 Å². The third-order valence-electron chi connectivity index (χ3n) is 7.67. The van der Waals surface area contributed by atoms with Gasteiger partial charge in [0.25, 0.3) is 0 Å². The van der Waals surface area contributed by atoms with Gasteiger partial charge in [-0.15, -0.1) is 0 Å². The number of H-pyrrole nitrogens is 2. The van der Waals surface area contributed by atoms with Crippen molar-refractivity contribution in [2.24, 2.45) is 0 Å². The molecular formula is C35H50N2O4. The number of para-hydroxylation sites is 2. The Kier molecular flexibility index (Phi) is 13.4. The Morgan fingerprint density at radius 1 is 0.512 bits per heavy atom. The average molecular weight is 563 g/mol.